The summed E-state index contributed by atoms with van der Waals surface area (Å²) in [6.45, 7) is 6.87. The van der Waals surface area contributed by atoms with Crippen LogP contribution in [0.15, 0.2) is 53.0 Å². The molecule has 0 saturated heterocycles. The lowest BCUT2D eigenvalue weighted by Crippen LogP contribution is -2.23. The minimum atomic E-state index is -0.0550. The third-order valence-corrected chi connectivity index (χ3v) is 4.13. The Kier molecular flexibility index (Phi) is 8.85. The van der Waals surface area contributed by atoms with E-state index in [1.807, 2.05) is 38.1 Å². The van der Waals surface area contributed by atoms with Gasteiger partial charge in [0.25, 0.3) is 0 Å². The largest absolute Gasteiger partial charge is 0.508 e. The number of rotatable bonds is 4. The van der Waals surface area contributed by atoms with Crippen molar-refractivity contribution in [2.24, 2.45) is 0 Å². The topological polar surface area (TPSA) is 78.4 Å². The highest BCUT2D eigenvalue weighted by molar-refractivity contribution is 9.10. The van der Waals surface area contributed by atoms with Gasteiger partial charge in [-0.15, -0.1) is 0 Å². The second-order valence-corrected chi connectivity index (χ2v) is 6.90. The summed E-state index contributed by atoms with van der Waals surface area (Å²) < 4.78 is 1.05. The molecule has 2 atom stereocenters. The summed E-state index contributed by atoms with van der Waals surface area (Å²) in [4.78, 5) is 21.5. The standard InChI is InChI=1S/C10H12BrNO.C10H13NO2/c1-7(12-8(2)13)9-3-5-10(11)6-4-9;1-7(11-8(2)12)9-3-5-10(13)6-4-9/h3-7H,1-2H3,(H,12,13);3-7,13H,1-2H3,(H,11,12)/t2*7-/m00/s1. The molecule has 0 aliphatic heterocycles. The Morgan fingerprint density at radius 1 is 0.808 bits per heavy atom. The normalized spacial score (nSPS) is 12.2. The Balaban J connectivity index is 0.000000260. The van der Waals surface area contributed by atoms with Crippen LogP contribution in [0.2, 0.25) is 0 Å². The molecule has 0 radical (unpaired) electrons. The highest BCUT2D eigenvalue weighted by Gasteiger charge is 2.06. The fourth-order valence-corrected chi connectivity index (χ4v) is 2.56. The van der Waals surface area contributed by atoms with E-state index in [1.54, 1.807) is 24.3 Å². The first-order valence-corrected chi connectivity index (χ1v) is 9.07. The lowest BCUT2D eigenvalue weighted by molar-refractivity contribution is -0.120. The zero-order valence-electron chi connectivity index (χ0n) is 15.4. The molecule has 0 unspecified atom stereocenters. The van der Waals surface area contributed by atoms with Crippen LogP contribution in [-0.2, 0) is 9.59 Å². The highest BCUT2D eigenvalue weighted by atomic mass is 79.9. The number of nitrogens with one attached hydrogen (secondary N) is 2. The van der Waals surface area contributed by atoms with Crippen LogP contribution in [0, 0.1) is 0 Å². The molecule has 0 saturated carbocycles. The van der Waals surface area contributed by atoms with Crippen molar-refractivity contribution in [1.29, 1.82) is 0 Å². The molecule has 0 spiro atoms. The van der Waals surface area contributed by atoms with E-state index in [2.05, 4.69) is 26.6 Å². The molecular formula is C20H25BrN2O3. The first-order valence-electron chi connectivity index (χ1n) is 8.27. The van der Waals surface area contributed by atoms with Gasteiger partial charge in [-0.2, -0.15) is 0 Å². The zero-order chi connectivity index (χ0) is 19.7. The van der Waals surface area contributed by atoms with E-state index in [4.69, 9.17) is 5.11 Å². The maximum Gasteiger partial charge on any atom is 0.217 e. The third-order valence-electron chi connectivity index (χ3n) is 3.60. The summed E-state index contributed by atoms with van der Waals surface area (Å²) in [7, 11) is 0. The molecule has 0 bridgehead atoms. The Morgan fingerprint density at radius 2 is 1.15 bits per heavy atom. The average molecular weight is 421 g/mol. The van der Waals surface area contributed by atoms with Crippen LogP contribution in [-0.4, -0.2) is 16.9 Å². The maximum absolute atomic E-state index is 10.8. The number of benzene rings is 2. The lowest BCUT2D eigenvalue weighted by atomic mass is 10.1. The van der Waals surface area contributed by atoms with Gasteiger partial charge in [-0.1, -0.05) is 40.2 Å². The predicted octanol–water partition coefficient (Wildman–Crippen LogP) is 4.24. The van der Waals surface area contributed by atoms with E-state index < -0.39 is 0 Å². The van der Waals surface area contributed by atoms with E-state index in [-0.39, 0.29) is 29.6 Å². The fourth-order valence-electron chi connectivity index (χ4n) is 2.29. The van der Waals surface area contributed by atoms with Crippen molar-refractivity contribution in [3.8, 4) is 5.75 Å². The number of carbonyl (C=O) groups excluding carboxylic acids is 2. The number of phenols is 1. The molecule has 140 valence electrons. The number of halogens is 1. The van der Waals surface area contributed by atoms with Crippen molar-refractivity contribution in [3.05, 3.63) is 64.1 Å². The quantitative estimate of drug-likeness (QED) is 0.691. The maximum atomic E-state index is 10.8. The monoisotopic (exact) mass is 420 g/mol. The van der Waals surface area contributed by atoms with Gasteiger partial charge in [-0.05, 0) is 49.2 Å². The molecule has 0 heterocycles. The Morgan fingerprint density at radius 3 is 1.50 bits per heavy atom. The van der Waals surface area contributed by atoms with Gasteiger partial charge in [-0.3, -0.25) is 9.59 Å². The molecular weight excluding hydrogens is 396 g/mol. The summed E-state index contributed by atoms with van der Waals surface area (Å²) in [5, 5.41) is 14.6. The van der Waals surface area contributed by atoms with Crippen molar-refractivity contribution in [2.75, 3.05) is 0 Å². The lowest BCUT2D eigenvalue weighted by Gasteiger charge is -2.12. The van der Waals surface area contributed by atoms with E-state index in [0.717, 1.165) is 15.6 Å². The number of aromatic hydroxyl groups is 1. The van der Waals surface area contributed by atoms with Gasteiger partial charge >= 0.3 is 0 Å². The molecule has 2 aromatic rings. The van der Waals surface area contributed by atoms with Crippen LogP contribution >= 0.6 is 15.9 Å². The fraction of sp³-hybridized carbons (Fsp3) is 0.300. The summed E-state index contributed by atoms with van der Waals surface area (Å²) >= 11 is 3.36. The van der Waals surface area contributed by atoms with Crippen LogP contribution in [0.1, 0.15) is 50.9 Å². The molecule has 2 aromatic carbocycles. The van der Waals surface area contributed by atoms with Gasteiger partial charge in [0.15, 0.2) is 0 Å². The molecule has 0 aliphatic rings. The SMILES string of the molecule is CC(=O)N[C@@H](C)c1ccc(Br)cc1.CC(=O)N[C@@H](C)c1ccc(O)cc1. The number of hydrogen-bond acceptors (Lipinski definition) is 3. The summed E-state index contributed by atoms with van der Waals surface area (Å²) in [6.07, 6.45) is 0. The Labute approximate surface area is 162 Å². The van der Waals surface area contributed by atoms with Crippen molar-refractivity contribution >= 4 is 27.7 Å². The van der Waals surface area contributed by atoms with Gasteiger partial charge in [0.1, 0.15) is 5.75 Å². The van der Waals surface area contributed by atoms with Gasteiger partial charge in [0.05, 0.1) is 12.1 Å². The van der Waals surface area contributed by atoms with Crippen LogP contribution in [0.4, 0.5) is 0 Å². The van der Waals surface area contributed by atoms with Crippen molar-refractivity contribution in [1.82, 2.24) is 10.6 Å². The van der Waals surface area contributed by atoms with Crippen LogP contribution < -0.4 is 10.6 Å². The van der Waals surface area contributed by atoms with Gasteiger partial charge in [-0.25, -0.2) is 0 Å². The van der Waals surface area contributed by atoms with Crippen molar-refractivity contribution < 1.29 is 14.7 Å². The minimum Gasteiger partial charge on any atom is -0.508 e. The second-order valence-electron chi connectivity index (χ2n) is 5.99. The van der Waals surface area contributed by atoms with Crippen molar-refractivity contribution in [2.45, 2.75) is 39.8 Å². The molecule has 3 N–H and O–H groups in total. The van der Waals surface area contributed by atoms with Gasteiger partial charge < -0.3 is 15.7 Å². The van der Waals surface area contributed by atoms with E-state index >= 15 is 0 Å². The molecule has 5 nitrogen and oxygen atoms in total. The predicted molar refractivity (Wildman–Crippen MR) is 107 cm³/mol. The highest BCUT2D eigenvalue weighted by Crippen LogP contribution is 2.16. The minimum absolute atomic E-state index is 0.00424. The van der Waals surface area contributed by atoms with Crippen LogP contribution in [0.25, 0.3) is 0 Å². The smallest absolute Gasteiger partial charge is 0.217 e. The summed E-state index contributed by atoms with van der Waals surface area (Å²) in [5.41, 5.74) is 2.09. The molecule has 26 heavy (non-hydrogen) atoms. The van der Waals surface area contributed by atoms with Crippen LogP contribution in [0.5, 0.6) is 5.75 Å². The summed E-state index contributed by atoms with van der Waals surface area (Å²) in [6, 6.07) is 14.8. The molecule has 6 heteroatoms. The average Bonchev–Trinajstić information content (AvgIpc) is 2.55. The molecule has 0 fully saturated rings. The molecule has 2 amide bonds. The first kappa shape index (κ1) is 21.7. The number of hydrogen-bond donors (Lipinski definition) is 3. The number of amides is 2. The van der Waals surface area contributed by atoms with Crippen molar-refractivity contribution in [3.63, 3.8) is 0 Å². The zero-order valence-corrected chi connectivity index (χ0v) is 17.0. The Bertz CT molecular complexity index is 651. The summed E-state index contributed by atoms with van der Waals surface area (Å²) in [5.74, 6) is 0.176. The van der Waals surface area contributed by atoms with E-state index in [0.29, 0.717) is 0 Å². The van der Waals surface area contributed by atoms with E-state index in [9.17, 15) is 9.59 Å². The van der Waals surface area contributed by atoms with Crippen LogP contribution in [0.3, 0.4) is 0 Å². The molecule has 0 aromatic heterocycles. The van der Waals surface area contributed by atoms with E-state index in [1.165, 1.54) is 13.8 Å². The number of carbonyl (C=O) groups is 2. The van der Waals surface area contributed by atoms with Gasteiger partial charge in [0, 0.05) is 18.3 Å². The second kappa shape index (κ2) is 10.6. The third kappa shape index (κ3) is 8.16. The molecule has 2 rings (SSSR count). The molecule has 0 aliphatic carbocycles. The number of phenolic OH excluding ortho intramolecular Hbond substituents is 1. The van der Waals surface area contributed by atoms with Gasteiger partial charge in [0.2, 0.25) is 11.8 Å². The first-order chi connectivity index (χ1) is 12.2. The Hall–Kier alpha value is -2.34.